The lowest BCUT2D eigenvalue weighted by molar-refractivity contribution is -0.132. The van der Waals surface area contributed by atoms with Crippen LogP contribution >= 0.6 is 0 Å². The Bertz CT molecular complexity index is 348. The van der Waals surface area contributed by atoms with Gasteiger partial charge in [-0.05, 0) is 26.0 Å². The molecule has 1 amide bonds. The van der Waals surface area contributed by atoms with Crippen LogP contribution in [0.4, 0.5) is 0 Å². The van der Waals surface area contributed by atoms with E-state index >= 15 is 0 Å². The Hall–Kier alpha value is -1.33. The van der Waals surface area contributed by atoms with Crippen molar-refractivity contribution in [2.45, 2.75) is 20.4 Å². The fraction of sp³-hybridized carbons (Fsp3) is 0.643. The predicted octanol–water partition coefficient (Wildman–Crippen LogP) is 1.60. The summed E-state index contributed by atoms with van der Waals surface area (Å²) in [6.07, 6.45) is 1.65. The van der Waals surface area contributed by atoms with E-state index in [0.717, 1.165) is 18.8 Å². The van der Waals surface area contributed by atoms with Gasteiger partial charge in [0.15, 0.2) is 0 Å². The van der Waals surface area contributed by atoms with Gasteiger partial charge >= 0.3 is 0 Å². The first-order valence-corrected chi connectivity index (χ1v) is 6.72. The normalized spacial score (nSPS) is 10.9. The van der Waals surface area contributed by atoms with Crippen molar-refractivity contribution in [3.8, 4) is 0 Å². The zero-order valence-corrected chi connectivity index (χ0v) is 12.1. The Kier molecular flexibility index (Phi) is 7.22. The molecule has 108 valence electrons. The minimum atomic E-state index is 0.146. The number of carbonyl (C=O) groups excluding carboxylic acids is 1. The van der Waals surface area contributed by atoms with E-state index in [2.05, 4.69) is 0 Å². The Balaban J connectivity index is 2.55. The Labute approximate surface area is 115 Å². The van der Waals surface area contributed by atoms with Crippen molar-refractivity contribution in [3.05, 3.63) is 24.2 Å². The molecule has 1 rings (SSSR count). The van der Waals surface area contributed by atoms with Gasteiger partial charge in [-0.1, -0.05) is 0 Å². The van der Waals surface area contributed by atoms with Crippen LogP contribution in [-0.2, 0) is 16.1 Å². The highest BCUT2D eigenvalue weighted by atomic mass is 16.5. The number of methoxy groups -OCH3 is 1. The van der Waals surface area contributed by atoms with Crippen LogP contribution in [0.15, 0.2) is 22.8 Å². The van der Waals surface area contributed by atoms with Crippen LogP contribution in [0.3, 0.4) is 0 Å². The van der Waals surface area contributed by atoms with E-state index < -0.39 is 0 Å². The van der Waals surface area contributed by atoms with Gasteiger partial charge in [0.25, 0.3) is 0 Å². The number of furan rings is 1. The topological polar surface area (TPSA) is 45.9 Å². The highest BCUT2D eigenvalue weighted by Crippen LogP contribution is 2.06. The van der Waals surface area contributed by atoms with Gasteiger partial charge in [-0.2, -0.15) is 0 Å². The summed E-state index contributed by atoms with van der Waals surface area (Å²) < 4.78 is 10.4. The number of hydrogen-bond acceptors (Lipinski definition) is 4. The van der Waals surface area contributed by atoms with Crippen LogP contribution in [0.1, 0.15) is 19.6 Å². The van der Waals surface area contributed by atoms with E-state index in [9.17, 15) is 4.79 Å². The van der Waals surface area contributed by atoms with Crippen molar-refractivity contribution in [2.24, 2.45) is 0 Å². The van der Waals surface area contributed by atoms with E-state index in [1.807, 2.05) is 35.8 Å². The molecule has 19 heavy (non-hydrogen) atoms. The predicted molar refractivity (Wildman–Crippen MR) is 73.8 cm³/mol. The van der Waals surface area contributed by atoms with Gasteiger partial charge < -0.3 is 14.1 Å². The third kappa shape index (κ3) is 5.44. The average molecular weight is 268 g/mol. The maximum Gasteiger partial charge on any atom is 0.236 e. The molecule has 0 aromatic carbocycles. The number of hydrogen-bond donors (Lipinski definition) is 0. The van der Waals surface area contributed by atoms with Crippen molar-refractivity contribution in [1.29, 1.82) is 0 Å². The first-order valence-electron chi connectivity index (χ1n) is 6.72. The number of amides is 1. The molecule has 0 aliphatic heterocycles. The van der Waals surface area contributed by atoms with Crippen LogP contribution in [0.2, 0.25) is 0 Å². The number of ether oxygens (including phenoxy) is 1. The third-order valence-electron chi connectivity index (χ3n) is 3.05. The van der Waals surface area contributed by atoms with E-state index in [0.29, 0.717) is 26.2 Å². The van der Waals surface area contributed by atoms with Gasteiger partial charge in [0, 0.05) is 26.7 Å². The summed E-state index contributed by atoms with van der Waals surface area (Å²) in [7, 11) is 1.66. The van der Waals surface area contributed by atoms with E-state index in [1.54, 1.807) is 13.4 Å². The quantitative estimate of drug-likeness (QED) is 0.682. The lowest BCUT2D eigenvalue weighted by Gasteiger charge is -2.25. The fourth-order valence-electron chi connectivity index (χ4n) is 1.92. The number of carbonyl (C=O) groups is 1. The Morgan fingerprint density at radius 2 is 2.11 bits per heavy atom. The van der Waals surface area contributed by atoms with Crippen molar-refractivity contribution < 1.29 is 13.9 Å². The summed E-state index contributed by atoms with van der Waals surface area (Å²) in [5, 5.41) is 0. The van der Waals surface area contributed by atoms with E-state index in [-0.39, 0.29) is 5.91 Å². The number of rotatable bonds is 9. The Morgan fingerprint density at radius 1 is 1.37 bits per heavy atom. The van der Waals surface area contributed by atoms with Gasteiger partial charge in [0.05, 0.1) is 26.0 Å². The zero-order valence-electron chi connectivity index (χ0n) is 12.1. The molecule has 0 saturated heterocycles. The summed E-state index contributed by atoms with van der Waals surface area (Å²) in [6.45, 7) is 7.81. The van der Waals surface area contributed by atoms with E-state index in [4.69, 9.17) is 9.15 Å². The second-order valence-electron chi connectivity index (χ2n) is 4.35. The van der Waals surface area contributed by atoms with Crippen LogP contribution in [0, 0.1) is 0 Å². The van der Waals surface area contributed by atoms with Crippen molar-refractivity contribution >= 4 is 5.91 Å². The van der Waals surface area contributed by atoms with Crippen LogP contribution in [0.25, 0.3) is 0 Å². The smallest absolute Gasteiger partial charge is 0.236 e. The molecule has 1 aromatic rings. The van der Waals surface area contributed by atoms with Crippen molar-refractivity contribution in [1.82, 2.24) is 9.80 Å². The molecule has 0 bridgehead atoms. The molecule has 1 heterocycles. The lowest BCUT2D eigenvalue weighted by atomic mass is 10.3. The summed E-state index contributed by atoms with van der Waals surface area (Å²) in [5.41, 5.74) is 0. The fourth-order valence-corrected chi connectivity index (χ4v) is 1.92. The number of likely N-dealkylation sites (N-methyl/N-ethyl adjacent to an activating group) is 1. The number of nitrogens with zero attached hydrogens (tertiary/aromatic N) is 2. The van der Waals surface area contributed by atoms with Crippen LogP contribution < -0.4 is 0 Å². The molecule has 0 atom stereocenters. The molecule has 0 spiro atoms. The standard InChI is InChI=1S/C14H24N2O3/c1-4-16(5-2)14(17)12-15(8-10-18-3)11-13-7-6-9-19-13/h6-7,9H,4-5,8,10-12H2,1-3H3. The molecule has 0 aliphatic rings. The molecule has 1 aromatic heterocycles. The van der Waals surface area contributed by atoms with Crippen LogP contribution in [0.5, 0.6) is 0 Å². The first-order chi connectivity index (χ1) is 9.21. The molecule has 0 unspecified atom stereocenters. The highest BCUT2D eigenvalue weighted by Gasteiger charge is 2.16. The van der Waals surface area contributed by atoms with Gasteiger partial charge in [-0.15, -0.1) is 0 Å². The first kappa shape index (κ1) is 15.7. The SMILES string of the molecule is CCN(CC)C(=O)CN(CCOC)Cc1ccco1. The summed E-state index contributed by atoms with van der Waals surface area (Å²) in [4.78, 5) is 16.0. The summed E-state index contributed by atoms with van der Waals surface area (Å²) >= 11 is 0. The summed E-state index contributed by atoms with van der Waals surface area (Å²) in [6, 6.07) is 3.78. The van der Waals surface area contributed by atoms with E-state index in [1.165, 1.54) is 0 Å². The molecule has 0 aliphatic carbocycles. The second kappa shape index (κ2) is 8.72. The zero-order chi connectivity index (χ0) is 14.1. The molecule has 0 fully saturated rings. The molecular weight excluding hydrogens is 244 g/mol. The third-order valence-corrected chi connectivity index (χ3v) is 3.05. The maximum atomic E-state index is 12.1. The second-order valence-corrected chi connectivity index (χ2v) is 4.35. The lowest BCUT2D eigenvalue weighted by Crippen LogP contribution is -2.41. The minimum Gasteiger partial charge on any atom is -0.468 e. The monoisotopic (exact) mass is 268 g/mol. The maximum absolute atomic E-state index is 12.1. The van der Waals surface area contributed by atoms with Gasteiger partial charge in [0.1, 0.15) is 5.76 Å². The van der Waals surface area contributed by atoms with Crippen LogP contribution in [-0.4, -0.2) is 55.6 Å². The van der Waals surface area contributed by atoms with Gasteiger partial charge in [-0.3, -0.25) is 9.69 Å². The largest absolute Gasteiger partial charge is 0.468 e. The van der Waals surface area contributed by atoms with Crippen molar-refractivity contribution in [3.63, 3.8) is 0 Å². The molecule has 0 saturated carbocycles. The Morgan fingerprint density at radius 3 is 2.63 bits per heavy atom. The molecule has 5 heteroatoms. The molecular formula is C14H24N2O3. The summed E-state index contributed by atoms with van der Waals surface area (Å²) in [5.74, 6) is 1.01. The minimum absolute atomic E-state index is 0.146. The van der Waals surface area contributed by atoms with Gasteiger partial charge in [-0.25, -0.2) is 0 Å². The molecule has 5 nitrogen and oxygen atoms in total. The molecule has 0 N–H and O–H groups in total. The van der Waals surface area contributed by atoms with Crippen molar-refractivity contribution in [2.75, 3.05) is 39.9 Å². The van der Waals surface area contributed by atoms with Gasteiger partial charge in [0.2, 0.25) is 5.91 Å². The highest BCUT2D eigenvalue weighted by molar-refractivity contribution is 5.78. The molecule has 0 radical (unpaired) electrons. The average Bonchev–Trinajstić information content (AvgIpc) is 2.90.